The summed E-state index contributed by atoms with van der Waals surface area (Å²) in [5, 5.41) is 2.38. The molecule has 0 N–H and O–H groups in total. The van der Waals surface area contributed by atoms with Crippen molar-refractivity contribution in [1.82, 2.24) is 0 Å². The van der Waals surface area contributed by atoms with Crippen molar-refractivity contribution in [3.8, 4) is 11.3 Å². The molecule has 0 saturated heterocycles. The number of benzene rings is 2. The first-order chi connectivity index (χ1) is 13.7. The molecule has 4 rings (SSSR count). The van der Waals surface area contributed by atoms with Gasteiger partial charge in [-0.25, -0.2) is 0 Å². The number of aromatic nitrogens is 1. The molecule has 0 radical (unpaired) electrons. The van der Waals surface area contributed by atoms with E-state index in [0.717, 1.165) is 11.1 Å². The number of nitrogens with zero attached hydrogens (tertiary/aromatic N) is 1. The number of fused-ring (bicyclic) bond motifs is 1. The van der Waals surface area contributed by atoms with E-state index in [9.17, 15) is 0 Å². The third-order valence-electron chi connectivity index (χ3n) is 7.06. The van der Waals surface area contributed by atoms with Gasteiger partial charge in [-0.2, -0.15) is 4.57 Å². The van der Waals surface area contributed by atoms with Gasteiger partial charge in [-0.3, -0.25) is 0 Å². The normalized spacial score (nSPS) is 15.5. The van der Waals surface area contributed by atoms with Crippen LogP contribution in [-0.2, 0) is 7.05 Å². The molecule has 1 saturated carbocycles. The van der Waals surface area contributed by atoms with Gasteiger partial charge < -0.3 is 0 Å². The summed E-state index contributed by atoms with van der Waals surface area (Å²) in [6.07, 6.45) is 5.27. The summed E-state index contributed by atoms with van der Waals surface area (Å²) in [5.74, 6) is 0.666. The molecule has 0 spiro atoms. The summed E-state index contributed by atoms with van der Waals surface area (Å²) in [6, 6.07) is 7.64. The average molecular weight is 374 g/mol. The standard InChI is InChI=1S/C27H34N/c1-16-12-17(2)20(5)24(13-16)27-25-14-18(3)26(22-10-8-9-11-22)21(6)23(25)15-19(4)28(27)7/h12-15,22H,8-11H2,1-7H3/q+1/i15D. The van der Waals surface area contributed by atoms with Gasteiger partial charge in [-0.05, 0) is 98.7 Å². The van der Waals surface area contributed by atoms with Crippen LogP contribution >= 0.6 is 0 Å². The molecular weight excluding hydrogens is 338 g/mol. The van der Waals surface area contributed by atoms with Crippen LogP contribution in [-0.4, -0.2) is 0 Å². The van der Waals surface area contributed by atoms with E-state index in [-0.39, 0.29) is 0 Å². The van der Waals surface area contributed by atoms with E-state index >= 15 is 0 Å². The summed E-state index contributed by atoms with van der Waals surface area (Å²) >= 11 is 0. The van der Waals surface area contributed by atoms with Crippen LogP contribution in [0.15, 0.2) is 24.2 Å². The van der Waals surface area contributed by atoms with Crippen molar-refractivity contribution in [2.24, 2.45) is 7.05 Å². The van der Waals surface area contributed by atoms with Crippen LogP contribution in [0.2, 0.25) is 0 Å². The van der Waals surface area contributed by atoms with Crippen LogP contribution in [0.5, 0.6) is 0 Å². The number of pyridine rings is 1. The average Bonchev–Trinajstić information content (AvgIpc) is 3.17. The molecule has 1 nitrogen and oxygen atoms in total. The fraction of sp³-hybridized carbons (Fsp3) is 0.444. The summed E-state index contributed by atoms with van der Waals surface area (Å²) in [6.45, 7) is 13.2. The zero-order chi connectivity index (χ0) is 21.0. The fourth-order valence-corrected chi connectivity index (χ4v) is 5.41. The van der Waals surface area contributed by atoms with E-state index in [1.54, 1.807) is 0 Å². The summed E-state index contributed by atoms with van der Waals surface area (Å²) in [5.41, 5.74) is 11.8. The molecular formula is C27H34N+. The molecule has 1 aliphatic rings. The summed E-state index contributed by atoms with van der Waals surface area (Å²) in [4.78, 5) is 0. The van der Waals surface area contributed by atoms with Crippen LogP contribution in [0, 0.1) is 41.5 Å². The lowest BCUT2D eigenvalue weighted by Crippen LogP contribution is -2.35. The Morgan fingerprint density at radius 1 is 0.857 bits per heavy atom. The third kappa shape index (κ3) is 2.96. The first-order valence-corrected chi connectivity index (χ1v) is 10.7. The highest BCUT2D eigenvalue weighted by Crippen LogP contribution is 2.41. The van der Waals surface area contributed by atoms with E-state index in [1.165, 1.54) is 75.7 Å². The number of rotatable bonds is 2. The Morgan fingerprint density at radius 3 is 2.21 bits per heavy atom. The van der Waals surface area contributed by atoms with Crippen molar-refractivity contribution in [2.75, 3.05) is 0 Å². The maximum Gasteiger partial charge on any atom is 0.220 e. The zero-order valence-electron chi connectivity index (χ0n) is 19.6. The Labute approximate surface area is 171 Å². The van der Waals surface area contributed by atoms with Crippen LogP contribution in [0.1, 0.15) is 72.0 Å². The molecule has 0 unspecified atom stereocenters. The Hall–Kier alpha value is -2.15. The van der Waals surface area contributed by atoms with E-state index in [4.69, 9.17) is 1.37 Å². The summed E-state index contributed by atoms with van der Waals surface area (Å²) < 4.78 is 11.2. The van der Waals surface area contributed by atoms with Crippen molar-refractivity contribution in [3.05, 3.63) is 63.3 Å². The van der Waals surface area contributed by atoms with E-state index in [1.807, 2.05) is 0 Å². The first kappa shape index (κ1) is 17.9. The molecule has 1 aliphatic carbocycles. The molecule has 0 bridgehead atoms. The van der Waals surface area contributed by atoms with Gasteiger partial charge in [0.25, 0.3) is 0 Å². The molecule has 1 fully saturated rings. The van der Waals surface area contributed by atoms with Gasteiger partial charge in [-0.1, -0.05) is 24.5 Å². The maximum atomic E-state index is 8.98. The molecule has 0 amide bonds. The second-order valence-electron chi connectivity index (χ2n) is 9.01. The molecule has 0 atom stereocenters. The van der Waals surface area contributed by atoms with Crippen LogP contribution in [0.25, 0.3) is 22.0 Å². The first-order valence-electron chi connectivity index (χ1n) is 11.2. The molecule has 0 aliphatic heterocycles. The minimum absolute atomic E-state index is 0.666. The van der Waals surface area contributed by atoms with Gasteiger partial charge >= 0.3 is 0 Å². The van der Waals surface area contributed by atoms with E-state index < -0.39 is 0 Å². The monoisotopic (exact) mass is 373 g/mol. The molecule has 28 heavy (non-hydrogen) atoms. The number of aryl methyl sites for hydroxylation is 4. The highest BCUT2D eigenvalue weighted by atomic mass is 14.9. The second kappa shape index (κ2) is 7.03. The van der Waals surface area contributed by atoms with Crippen LogP contribution < -0.4 is 4.57 Å². The lowest BCUT2D eigenvalue weighted by Gasteiger charge is -2.20. The largest absolute Gasteiger partial charge is 0.220 e. The molecule has 3 aromatic rings. The molecule has 2 aromatic carbocycles. The van der Waals surface area contributed by atoms with Crippen molar-refractivity contribution in [2.45, 2.75) is 73.1 Å². The summed E-state index contributed by atoms with van der Waals surface area (Å²) in [7, 11) is 2.12. The maximum absolute atomic E-state index is 8.98. The highest BCUT2D eigenvalue weighted by Gasteiger charge is 2.26. The van der Waals surface area contributed by atoms with Gasteiger partial charge in [0.05, 0.1) is 12.3 Å². The fourth-order valence-electron chi connectivity index (χ4n) is 5.41. The predicted molar refractivity (Wildman–Crippen MR) is 120 cm³/mol. The van der Waals surface area contributed by atoms with E-state index in [0.29, 0.717) is 12.0 Å². The van der Waals surface area contributed by atoms with Crippen molar-refractivity contribution >= 4 is 10.8 Å². The topological polar surface area (TPSA) is 3.88 Å². The second-order valence-corrected chi connectivity index (χ2v) is 9.01. The minimum Gasteiger partial charge on any atom is -0.198 e. The van der Waals surface area contributed by atoms with Crippen LogP contribution in [0.3, 0.4) is 0 Å². The van der Waals surface area contributed by atoms with Crippen LogP contribution in [0.4, 0.5) is 0 Å². The number of hydrogen-bond acceptors (Lipinski definition) is 0. The zero-order valence-corrected chi connectivity index (χ0v) is 18.6. The third-order valence-corrected chi connectivity index (χ3v) is 7.06. The SMILES string of the molecule is [2H]c1c(C)[n+](C)c(-c2cc(C)cc(C)c2C)c2cc(C)c(C3CCCC3)c(C)c12. The Morgan fingerprint density at radius 2 is 1.54 bits per heavy atom. The Balaban J connectivity index is 2.14. The molecule has 146 valence electrons. The van der Waals surface area contributed by atoms with E-state index in [2.05, 4.69) is 71.4 Å². The Bertz CT molecular complexity index is 1130. The Kier molecular flexibility index (Phi) is 4.50. The minimum atomic E-state index is 0.666. The predicted octanol–water partition coefficient (Wildman–Crippen LogP) is 6.84. The van der Waals surface area contributed by atoms with Crippen molar-refractivity contribution in [1.29, 1.82) is 0 Å². The van der Waals surface area contributed by atoms with Gasteiger partial charge in [0.1, 0.15) is 7.05 Å². The quantitative estimate of drug-likeness (QED) is 0.433. The van der Waals surface area contributed by atoms with Gasteiger partial charge in [0.15, 0.2) is 5.69 Å². The van der Waals surface area contributed by atoms with Crippen molar-refractivity contribution in [3.63, 3.8) is 0 Å². The lowest BCUT2D eigenvalue weighted by atomic mass is 9.85. The molecule has 1 heterocycles. The van der Waals surface area contributed by atoms with Gasteiger partial charge in [0.2, 0.25) is 5.69 Å². The lowest BCUT2D eigenvalue weighted by molar-refractivity contribution is -0.665. The highest BCUT2D eigenvalue weighted by molar-refractivity contribution is 5.97. The van der Waals surface area contributed by atoms with Gasteiger partial charge in [0, 0.05) is 13.0 Å². The molecule has 1 heteroatoms. The van der Waals surface area contributed by atoms with Crippen molar-refractivity contribution < 1.29 is 5.94 Å². The molecule has 1 aromatic heterocycles. The van der Waals surface area contributed by atoms with Gasteiger partial charge in [-0.15, -0.1) is 0 Å². The number of hydrogen-bond donors (Lipinski definition) is 0. The smallest absolute Gasteiger partial charge is 0.198 e.